The fourth-order valence-corrected chi connectivity index (χ4v) is 1.33. The number of hydrogen-bond acceptors (Lipinski definition) is 5. The van der Waals surface area contributed by atoms with E-state index in [0.29, 0.717) is 24.9 Å². The number of ether oxygens (including phenoxy) is 1. The molecule has 0 radical (unpaired) electrons. The van der Waals surface area contributed by atoms with Crippen LogP contribution in [0.15, 0.2) is 4.52 Å². The van der Waals surface area contributed by atoms with Crippen LogP contribution in [0.1, 0.15) is 57.3 Å². The predicted molar refractivity (Wildman–Crippen MR) is 60.7 cm³/mol. The molecule has 0 aromatic carbocycles. The maximum absolute atomic E-state index is 5.91. The molecule has 1 rings (SSSR count). The van der Waals surface area contributed by atoms with E-state index in [1.807, 2.05) is 0 Å². The van der Waals surface area contributed by atoms with Crippen LogP contribution >= 0.6 is 0 Å². The van der Waals surface area contributed by atoms with Gasteiger partial charge in [-0.2, -0.15) is 4.98 Å². The first-order chi connectivity index (χ1) is 7.77. The largest absolute Gasteiger partial charge is 0.373 e. The Morgan fingerprint density at radius 2 is 2.19 bits per heavy atom. The molecule has 92 valence electrons. The Hall–Kier alpha value is -0.940. The van der Waals surface area contributed by atoms with E-state index in [4.69, 9.17) is 15.0 Å². The highest BCUT2D eigenvalue weighted by molar-refractivity contribution is 4.90. The lowest BCUT2D eigenvalue weighted by Crippen LogP contribution is -2.10. The van der Waals surface area contributed by atoms with Crippen LogP contribution in [0.25, 0.3) is 0 Å². The Kier molecular flexibility index (Phi) is 6.03. The molecule has 1 atom stereocenters. The molecule has 0 aliphatic carbocycles. The van der Waals surface area contributed by atoms with Crippen LogP contribution in [0, 0.1) is 0 Å². The summed E-state index contributed by atoms with van der Waals surface area (Å²) in [7, 11) is 0. The third-order valence-electron chi connectivity index (χ3n) is 2.25. The van der Waals surface area contributed by atoms with Crippen molar-refractivity contribution < 1.29 is 9.26 Å². The van der Waals surface area contributed by atoms with Crippen molar-refractivity contribution in [1.29, 1.82) is 0 Å². The second-order valence-corrected chi connectivity index (χ2v) is 3.85. The van der Waals surface area contributed by atoms with Gasteiger partial charge < -0.3 is 15.0 Å². The summed E-state index contributed by atoms with van der Waals surface area (Å²) in [4.78, 5) is 4.21. The average Bonchev–Trinajstić information content (AvgIpc) is 2.75. The van der Waals surface area contributed by atoms with Gasteiger partial charge in [0, 0.05) is 6.61 Å². The summed E-state index contributed by atoms with van der Waals surface area (Å²) in [6.07, 6.45) is 4.06. The monoisotopic (exact) mass is 227 g/mol. The molecule has 0 saturated heterocycles. The van der Waals surface area contributed by atoms with Crippen LogP contribution in [0.2, 0.25) is 0 Å². The van der Waals surface area contributed by atoms with Crippen molar-refractivity contribution in [2.24, 2.45) is 5.73 Å². The topological polar surface area (TPSA) is 74.2 Å². The summed E-state index contributed by atoms with van der Waals surface area (Å²) in [6, 6.07) is -0.146. The first-order valence-corrected chi connectivity index (χ1v) is 5.93. The molecule has 0 bridgehead atoms. The van der Waals surface area contributed by atoms with Crippen molar-refractivity contribution in [3.05, 3.63) is 11.7 Å². The molecule has 0 aliphatic rings. The summed E-state index contributed by atoms with van der Waals surface area (Å²) in [6.45, 7) is 5.30. The van der Waals surface area contributed by atoms with E-state index in [2.05, 4.69) is 24.0 Å². The Balaban J connectivity index is 2.37. The van der Waals surface area contributed by atoms with Gasteiger partial charge in [0.15, 0.2) is 5.82 Å². The van der Waals surface area contributed by atoms with Gasteiger partial charge in [0.2, 0.25) is 5.89 Å². The third-order valence-corrected chi connectivity index (χ3v) is 2.25. The smallest absolute Gasteiger partial charge is 0.243 e. The molecule has 16 heavy (non-hydrogen) atoms. The minimum Gasteiger partial charge on any atom is -0.373 e. The maximum Gasteiger partial charge on any atom is 0.243 e. The SMILES string of the molecule is CCCCC(N)c1nc(COCCC)no1. The van der Waals surface area contributed by atoms with Crippen molar-refractivity contribution in [2.45, 2.75) is 52.2 Å². The lowest BCUT2D eigenvalue weighted by molar-refractivity contribution is 0.114. The van der Waals surface area contributed by atoms with Crippen LogP contribution in [0.3, 0.4) is 0 Å². The van der Waals surface area contributed by atoms with E-state index in [9.17, 15) is 0 Å². The van der Waals surface area contributed by atoms with Crippen molar-refractivity contribution in [2.75, 3.05) is 6.61 Å². The lowest BCUT2D eigenvalue weighted by atomic mass is 10.1. The van der Waals surface area contributed by atoms with Gasteiger partial charge in [-0.3, -0.25) is 0 Å². The fraction of sp³-hybridized carbons (Fsp3) is 0.818. The van der Waals surface area contributed by atoms with E-state index in [-0.39, 0.29) is 6.04 Å². The van der Waals surface area contributed by atoms with Gasteiger partial charge in [0.1, 0.15) is 6.61 Å². The minimum atomic E-state index is -0.146. The molecule has 0 fully saturated rings. The summed E-state index contributed by atoms with van der Waals surface area (Å²) >= 11 is 0. The van der Waals surface area contributed by atoms with Gasteiger partial charge in [-0.1, -0.05) is 31.8 Å². The number of nitrogens with two attached hydrogens (primary N) is 1. The van der Waals surface area contributed by atoms with Crippen LogP contribution in [0.5, 0.6) is 0 Å². The van der Waals surface area contributed by atoms with Gasteiger partial charge in [-0.05, 0) is 12.8 Å². The molecule has 1 aromatic heterocycles. The van der Waals surface area contributed by atoms with Crippen LogP contribution < -0.4 is 5.73 Å². The van der Waals surface area contributed by atoms with E-state index >= 15 is 0 Å². The number of aromatic nitrogens is 2. The quantitative estimate of drug-likeness (QED) is 0.689. The second kappa shape index (κ2) is 7.35. The van der Waals surface area contributed by atoms with Crippen LogP contribution in [-0.4, -0.2) is 16.7 Å². The third kappa shape index (κ3) is 4.28. The number of hydrogen-bond donors (Lipinski definition) is 1. The van der Waals surface area contributed by atoms with Crippen LogP contribution in [0.4, 0.5) is 0 Å². The molecule has 0 aliphatic heterocycles. The molecule has 1 unspecified atom stereocenters. The molecular weight excluding hydrogens is 206 g/mol. The molecule has 5 heteroatoms. The van der Waals surface area contributed by atoms with Gasteiger partial charge >= 0.3 is 0 Å². The van der Waals surface area contributed by atoms with Crippen molar-refractivity contribution in [3.63, 3.8) is 0 Å². The molecule has 5 nitrogen and oxygen atoms in total. The zero-order valence-corrected chi connectivity index (χ0v) is 10.1. The Labute approximate surface area is 96.4 Å². The predicted octanol–water partition coefficient (Wildman–Crippen LogP) is 2.19. The highest BCUT2D eigenvalue weighted by Gasteiger charge is 2.13. The Bertz CT molecular complexity index is 289. The summed E-state index contributed by atoms with van der Waals surface area (Å²) in [5, 5.41) is 3.83. The zero-order valence-electron chi connectivity index (χ0n) is 10.1. The molecule has 1 heterocycles. The zero-order chi connectivity index (χ0) is 11.8. The van der Waals surface area contributed by atoms with E-state index in [1.165, 1.54) is 0 Å². The molecule has 1 aromatic rings. The molecule has 0 saturated carbocycles. The fourth-order valence-electron chi connectivity index (χ4n) is 1.33. The standard InChI is InChI=1S/C11H21N3O2/c1-3-5-6-9(12)11-13-10(14-16-11)8-15-7-4-2/h9H,3-8,12H2,1-2H3. The van der Waals surface area contributed by atoms with Crippen molar-refractivity contribution >= 4 is 0 Å². The van der Waals surface area contributed by atoms with Gasteiger partial charge in [0.05, 0.1) is 6.04 Å². The second-order valence-electron chi connectivity index (χ2n) is 3.85. The number of nitrogens with zero attached hydrogens (tertiary/aromatic N) is 2. The number of rotatable bonds is 8. The van der Waals surface area contributed by atoms with E-state index in [0.717, 1.165) is 25.7 Å². The normalized spacial score (nSPS) is 12.9. The Morgan fingerprint density at radius 3 is 2.88 bits per heavy atom. The van der Waals surface area contributed by atoms with Gasteiger partial charge in [0.25, 0.3) is 0 Å². The minimum absolute atomic E-state index is 0.146. The molecule has 0 spiro atoms. The molecular formula is C11H21N3O2. The van der Waals surface area contributed by atoms with E-state index < -0.39 is 0 Å². The van der Waals surface area contributed by atoms with Gasteiger partial charge in [-0.15, -0.1) is 0 Å². The number of unbranched alkanes of at least 4 members (excludes halogenated alkanes) is 1. The Morgan fingerprint density at radius 1 is 1.38 bits per heavy atom. The maximum atomic E-state index is 5.91. The average molecular weight is 227 g/mol. The van der Waals surface area contributed by atoms with Crippen LogP contribution in [-0.2, 0) is 11.3 Å². The van der Waals surface area contributed by atoms with Crippen molar-refractivity contribution in [3.8, 4) is 0 Å². The highest BCUT2D eigenvalue weighted by atomic mass is 16.5. The molecule has 2 N–H and O–H groups in total. The van der Waals surface area contributed by atoms with Crippen molar-refractivity contribution in [1.82, 2.24) is 10.1 Å². The summed E-state index contributed by atoms with van der Waals surface area (Å²) in [5.74, 6) is 1.10. The first-order valence-electron chi connectivity index (χ1n) is 5.93. The molecule has 0 amide bonds. The van der Waals surface area contributed by atoms with Gasteiger partial charge in [-0.25, -0.2) is 0 Å². The highest BCUT2D eigenvalue weighted by Crippen LogP contribution is 2.14. The summed E-state index contributed by atoms with van der Waals surface area (Å²) in [5.41, 5.74) is 5.91. The van der Waals surface area contributed by atoms with E-state index in [1.54, 1.807) is 0 Å². The lowest BCUT2D eigenvalue weighted by Gasteiger charge is -2.03. The first kappa shape index (κ1) is 13.1. The summed E-state index contributed by atoms with van der Waals surface area (Å²) < 4.78 is 10.4.